The number of anilines is 1. The average molecular weight is 408 g/mol. The molecule has 0 heterocycles. The van der Waals surface area contributed by atoms with Gasteiger partial charge in [-0.25, -0.2) is 17.6 Å². The number of rotatable bonds is 11. The number of carboxylic acid groups (broad SMARTS) is 1. The molecule has 0 aromatic heterocycles. The van der Waals surface area contributed by atoms with E-state index in [1.165, 1.54) is 24.3 Å². The molecular formula is C21H26FNO4S. The molecule has 0 aliphatic rings. The van der Waals surface area contributed by atoms with Crippen LogP contribution in [-0.2, 0) is 10.0 Å². The first-order valence-corrected chi connectivity index (χ1v) is 11.1. The van der Waals surface area contributed by atoms with Crippen molar-refractivity contribution in [2.45, 2.75) is 45.4 Å². The van der Waals surface area contributed by atoms with Crippen LogP contribution in [0.1, 0.15) is 55.8 Å². The van der Waals surface area contributed by atoms with E-state index in [0.29, 0.717) is 17.5 Å². The van der Waals surface area contributed by atoms with Crippen LogP contribution in [0.15, 0.2) is 42.5 Å². The number of hydrogen-bond donors (Lipinski definition) is 2. The fourth-order valence-electron chi connectivity index (χ4n) is 2.93. The molecule has 0 radical (unpaired) electrons. The van der Waals surface area contributed by atoms with Crippen molar-refractivity contribution in [1.82, 2.24) is 0 Å². The van der Waals surface area contributed by atoms with Crippen molar-refractivity contribution >= 4 is 21.7 Å². The smallest absolute Gasteiger partial charge is 0.337 e. The van der Waals surface area contributed by atoms with Crippen molar-refractivity contribution in [2.24, 2.45) is 0 Å². The van der Waals surface area contributed by atoms with Crippen molar-refractivity contribution in [1.29, 1.82) is 0 Å². The van der Waals surface area contributed by atoms with Crippen LogP contribution in [0.5, 0.6) is 0 Å². The maximum absolute atomic E-state index is 13.1. The SMILES string of the molecule is CCCCCCCCS(=O)(=O)Nc1cc(-c2ccc(F)cc2)ccc1C(=O)O. The first-order chi connectivity index (χ1) is 13.3. The Bertz CT molecular complexity index is 895. The third-order valence-electron chi connectivity index (χ3n) is 4.46. The number of sulfonamides is 1. The van der Waals surface area contributed by atoms with Gasteiger partial charge in [0, 0.05) is 0 Å². The minimum absolute atomic E-state index is 0.0142. The van der Waals surface area contributed by atoms with Crippen molar-refractivity contribution in [2.75, 3.05) is 10.5 Å². The van der Waals surface area contributed by atoms with Gasteiger partial charge in [0.25, 0.3) is 0 Å². The molecule has 0 amide bonds. The highest BCUT2D eigenvalue weighted by molar-refractivity contribution is 7.92. The normalized spacial score (nSPS) is 11.4. The van der Waals surface area contributed by atoms with E-state index >= 15 is 0 Å². The summed E-state index contributed by atoms with van der Waals surface area (Å²) in [6.45, 7) is 2.12. The number of aromatic carboxylic acids is 1. The average Bonchev–Trinajstić information content (AvgIpc) is 2.64. The number of nitrogens with one attached hydrogen (secondary N) is 1. The molecule has 7 heteroatoms. The topological polar surface area (TPSA) is 83.5 Å². The Morgan fingerprint density at radius 1 is 0.964 bits per heavy atom. The number of benzene rings is 2. The van der Waals surface area contributed by atoms with Gasteiger partial charge in [0.2, 0.25) is 10.0 Å². The van der Waals surface area contributed by atoms with E-state index in [-0.39, 0.29) is 22.8 Å². The molecule has 0 spiro atoms. The predicted octanol–water partition coefficient (Wildman–Crippen LogP) is 5.29. The highest BCUT2D eigenvalue weighted by Gasteiger charge is 2.17. The van der Waals surface area contributed by atoms with E-state index in [1.807, 2.05) is 0 Å². The number of halogens is 1. The molecule has 2 aromatic rings. The van der Waals surface area contributed by atoms with Crippen LogP contribution in [-0.4, -0.2) is 25.2 Å². The van der Waals surface area contributed by atoms with Crippen LogP contribution < -0.4 is 4.72 Å². The highest BCUT2D eigenvalue weighted by atomic mass is 32.2. The monoisotopic (exact) mass is 407 g/mol. The Labute approximate surface area is 165 Å². The summed E-state index contributed by atoms with van der Waals surface area (Å²) < 4.78 is 40.3. The lowest BCUT2D eigenvalue weighted by Crippen LogP contribution is -2.18. The molecule has 2 rings (SSSR count). The summed E-state index contributed by atoms with van der Waals surface area (Å²) in [6, 6.07) is 10.1. The van der Waals surface area contributed by atoms with E-state index in [4.69, 9.17) is 0 Å². The molecule has 0 saturated heterocycles. The highest BCUT2D eigenvalue weighted by Crippen LogP contribution is 2.27. The van der Waals surface area contributed by atoms with Gasteiger partial charge in [0.05, 0.1) is 17.0 Å². The van der Waals surface area contributed by atoms with Gasteiger partial charge in [-0.1, -0.05) is 57.2 Å². The molecule has 28 heavy (non-hydrogen) atoms. The third kappa shape index (κ3) is 6.64. The van der Waals surface area contributed by atoms with Crippen LogP contribution in [0.25, 0.3) is 11.1 Å². The lowest BCUT2D eigenvalue weighted by molar-refractivity contribution is 0.0698. The van der Waals surface area contributed by atoms with Gasteiger partial charge in [-0.15, -0.1) is 0 Å². The molecule has 2 N–H and O–H groups in total. The molecular weight excluding hydrogens is 381 g/mol. The van der Waals surface area contributed by atoms with Crippen molar-refractivity contribution in [3.05, 3.63) is 53.8 Å². The summed E-state index contributed by atoms with van der Waals surface area (Å²) >= 11 is 0. The van der Waals surface area contributed by atoms with E-state index in [1.54, 1.807) is 18.2 Å². The molecule has 0 aliphatic carbocycles. The Morgan fingerprint density at radius 2 is 1.57 bits per heavy atom. The van der Waals surface area contributed by atoms with Gasteiger partial charge in [-0.2, -0.15) is 0 Å². The molecule has 152 valence electrons. The van der Waals surface area contributed by atoms with Crippen LogP contribution in [0.2, 0.25) is 0 Å². The van der Waals surface area contributed by atoms with E-state index < -0.39 is 16.0 Å². The van der Waals surface area contributed by atoms with Gasteiger partial charge >= 0.3 is 5.97 Å². The largest absolute Gasteiger partial charge is 0.478 e. The second-order valence-corrected chi connectivity index (χ2v) is 8.60. The Kier molecular flexibility index (Phi) is 7.99. The molecule has 5 nitrogen and oxygen atoms in total. The minimum atomic E-state index is -3.66. The number of hydrogen-bond acceptors (Lipinski definition) is 3. The van der Waals surface area contributed by atoms with Gasteiger partial charge in [0.15, 0.2) is 0 Å². The third-order valence-corrected chi connectivity index (χ3v) is 5.82. The summed E-state index contributed by atoms with van der Waals surface area (Å²) in [5.41, 5.74) is 1.15. The van der Waals surface area contributed by atoms with Gasteiger partial charge in [0.1, 0.15) is 5.82 Å². The fraction of sp³-hybridized carbons (Fsp3) is 0.381. The van der Waals surface area contributed by atoms with Crippen molar-refractivity contribution in [3.63, 3.8) is 0 Å². The van der Waals surface area contributed by atoms with E-state index in [0.717, 1.165) is 32.1 Å². The lowest BCUT2D eigenvalue weighted by Gasteiger charge is -2.13. The summed E-state index contributed by atoms with van der Waals surface area (Å²) in [4.78, 5) is 11.5. The summed E-state index contributed by atoms with van der Waals surface area (Å²) in [6.07, 6.45) is 5.70. The maximum atomic E-state index is 13.1. The second kappa shape index (κ2) is 10.2. The number of unbranched alkanes of at least 4 members (excludes halogenated alkanes) is 5. The summed E-state index contributed by atoms with van der Waals surface area (Å²) in [5.74, 6) is -1.66. The first kappa shape index (κ1) is 21.9. The summed E-state index contributed by atoms with van der Waals surface area (Å²) in [5, 5.41) is 9.37. The zero-order valence-corrected chi connectivity index (χ0v) is 16.8. The molecule has 0 fully saturated rings. The number of carbonyl (C=O) groups is 1. The van der Waals surface area contributed by atoms with Crippen LogP contribution in [0, 0.1) is 5.82 Å². The van der Waals surface area contributed by atoms with Crippen LogP contribution in [0.4, 0.5) is 10.1 Å². The second-order valence-electron chi connectivity index (χ2n) is 6.76. The Hall–Kier alpha value is -2.41. The van der Waals surface area contributed by atoms with Gasteiger partial charge in [-0.3, -0.25) is 4.72 Å². The quantitative estimate of drug-likeness (QED) is 0.496. The van der Waals surface area contributed by atoms with Gasteiger partial charge in [-0.05, 0) is 41.8 Å². The van der Waals surface area contributed by atoms with Crippen LogP contribution in [0.3, 0.4) is 0 Å². The van der Waals surface area contributed by atoms with Crippen molar-refractivity contribution < 1.29 is 22.7 Å². The van der Waals surface area contributed by atoms with E-state index in [9.17, 15) is 22.7 Å². The molecule has 0 saturated carbocycles. The standard InChI is InChI=1S/C21H26FNO4S/c1-2-3-4-5-6-7-14-28(26,27)23-20-15-17(10-13-19(20)21(24)25)16-8-11-18(22)12-9-16/h8-13,15,23H,2-7,14H2,1H3,(H,24,25). The molecule has 0 atom stereocenters. The zero-order chi connectivity index (χ0) is 20.6. The molecule has 0 unspecified atom stereocenters. The minimum Gasteiger partial charge on any atom is -0.478 e. The number of carboxylic acids is 1. The maximum Gasteiger partial charge on any atom is 0.337 e. The molecule has 0 bridgehead atoms. The Morgan fingerprint density at radius 3 is 2.21 bits per heavy atom. The lowest BCUT2D eigenvalue weighted by atomic mass is 10.0. The fourth-order valence-corrected chi connectivity index (χ4v) is 4.12. The predicted molar refractivity (Wildman–Crippen MR) is 110 cm³/mol. The van der Waals surface area contributed by atoms with Crippen LogP contribution >= 0.6 is 0 Å². The van der Waals surface area contributed by atoms with Gasteiger partial charge < -0.3 is 5.11 Å². The molecule has 2 aromatic carbocycles. The first-order valence-electron chi connectivity index (χ1n) is 9.46. The molecule has 0 aliphatic heterocycles. The van der Waals surface area contributed by atoms with Crippen molar-refractivity contribution in [3.8, 4) is 11.1 Å². The zero-order valence-electron chi connectivity index (χ0n) is 15.9. The Balaban J connectivity index is 2.14. The van der Waals surface area contributed by atoms with E-state index in [2.05, 4.69) is 11.6 Å². The summed E-state index contributed by atoms with van der Waals surface area (Å²) in [7, 11) is -3.66.